The van der Waals surface area contributed by atoms with Crippen molar-refractivity contribution in [2.45, 2.75) is 43.4 Å². The Morgan fingerprint density at radius 3 is 2.52 bits per heavy atom. The molecule has 10 heteroatoms. The summed E-state index contributed by atoms with van der Waals surface area (Å²) in [5, 5.41) is 5.30. The van der Waals surface area contributed by atoms with Crippen LogP contribution in [0.1, 0.15) is 38.5 Å². The highest BCUT2D eigenvalue weighted by Gasteiger charge is 2.29. The molecule has 1 aromatic rings. The lowest BCUT2D eigenvalue weighted by Gasteiger charge is -2.26. The molecule has 1 aliphatic carbocycles. The van der Waals surface area contributed by atoms with Crippen molar-refractivity contribution in [3.63, 3.8) is 0 Å². The first kappa shape index (κ1) is 23.5. The zero-order chi connectivity index (χ0) is 22.3. The summed E-state index contributed by atoms with van der Waals surface area (Å²) in [6, 6.07) is 4.45. The molecule has 172 valence electrons. The summed E-state index contributed by atoms with van der Waals surface area (Å²) in [4.78, 5) is 24.4. The number of benzene rings is 1. The first-order valence-electron chi connectivity index (χ1n) is 10.7. The Kier molecular flexibility index (Phi) is 8.28. The van der Waals surface area contributed by atoms with Gasteiger partial charge in [0.1, 0.15) is 10.6 Å². The van der Waals surface area contributed by atoms with Crippen molar-refractivity contribution in [2.24, 2.45) is 5.92 Å². The van der Waals surface area contributed by atoms with E-state index in [1.807, 2.05) is 0 Å². The van der Waals surface area contributed by atoms with Gasteiger partial charge in [-0.1, -0.05) is 19.3 Å². The third-order valence-electron chi connectivity index (χ3n) is 5.68. The van der Waals surface area contributed by atoms with Gasteiger partial charge in [-0.3, -0.25) is 9.59 Å². The summed E-state index contributed by atoms with van der Waals surface area (Å²) < 4.78 is 37.9. The van der Waals surface area contributed by atoms with Crippen LogP contribution >= 0.6 is 0 Å². The fraction of sp³-hybridized carbons (Fsp3) is 0.619. The molecule has 2 fully saturated rings. The average molecular weight is 454 g/mol. The molecule has 1 aliphatic heterocycles. The normalized spacial score (nSPS) is 18.4. The number of amides is 2. The number of sulfonamides is 1. The van der Waals surface area contributed by atoms with Crippen LogP contribution < -0.4 is 15.4 Å². The molecule has 0 spiro atoms. The van der Waals surface area contributed by atoms with Gasteiger partial charge in [0.2, 0.25) is 21.8 Å². The molecule has 2 aliphatic rings. The predicted molar refractivity (Wildman–Crippen MR) is 115 cm³/mol. The second-order valence-electron chi connectivity index (χ2n) is 7.92. The maximum atomic E-state index is 13.0. The van der Waals surface area contributed by atoms with Crippen molar-refractivity contribution < 1.29 is 27.5 Å². The summed E-state index contributed by atoms with van der Waals surface area (Å²) in [6.45, 7) is 1.02. The largest absolute Gasteiger partial charge is 0.495 e. The van der Waals surface area contributed by atoms with Gasteiger partial charge in [0.25, 0.3) is 0 Å². The van der Waals surface area contributed by atoms with Crippen LogP contribution in [0, 0.1) is 5.92 Å². The second kappa shape index (κ2) is 10.9. The molecular formula is C21H31N3O6S. The van der Waals surface area contributed by atoms with Crippen LogP contribution in [-0.4, -0.2) is 64.5 Å². The molecule has 1 saturated heterocycles. The SMILES string of the molecule is COc1ccc(NC(=O)CNC(=O)CC2CCCCC2)cc1S(=O)(=O)N1CCOCC1. The van der Waals surface area contributed by atoms with Crippen LogP contribution in [0.4, 0.5) is 5.69 Å². The van der Waals surface area contributed by atoms with Gasteiger partial charge < -0.3 is 20.1 Å². The molecule has 0 radical (unpaired) electrons. The van der Waals surface area contributed by atoms with E-state index in [4.69, 9.17) is 9.47 Å². The lowest BCUT2D eigenvalue weighted by Crippen LogP contribution is -2.40. The van der Waals surface area contributed by atoms with Crippen LogP contribution in [0.3, 0.4) is 0 Å². The molecular weight excluding hydrogens is 422 g/mol. The quantitative estimate of drug-likeness (QED) is 0.620. The molecule has 0 atom stereocenters. The van der Waals surface area contributed by atoms with Gasteiger partial charge >= 0.3 is 0 Å². The first-order chi connectivity index (χ1) is 14.9. The maximum absolute atomic E-state index is 13.0. The van der Waals surface area contributed by atoms with Crippen LogP contribution in [0.5, 0.6) is 5.75 Å². The monoisotopic (exact) mass is 453 g/mol. The number of rotatable bonds is 8. The van der Waals surface area contributed by atoms with Gasteiger partial charge in [0.15, 0.2) is 0 Å². The lowest BCUT2D eigenvalue weighted by molar-refractivity contribution is -0.125. The van der Waals surface area contributed by atoms with E-state index in [2.05, 4.69) is 10.6 Å². The van der Waals surface area contributed by atoms with Gasteiger partial charge in [-0.15, -0.1) is 0 Å². The van der Waals surface area contributed by atoms with E-state index in [1.165, 1.54) is 30.0 Å². The van der Waals surface area contributed by atoms with Gasteiger partial charge in [0.05, 0.1) is 26.9 Å². The van der Waals surface area contributed by atoms with Crippen LogP contribution in [0.2, 0.25) is 0 Å². The van der Waals surface area contributed by atoms with Crippen molar-refractivity contribution in [3.8, 4) is 5.75 Å². The lowest BCUT2D eigenvalue weighted by atomic mass is 9.87. The van der Waals surface area contributed by atoms with Crippen LogP contribution in [0.25, 0.3) is 0 Å². The Hall–Kier alpha value is -2.17. The number of hydrogen-bond donors (Lipinski definition) is 2. The number of anilines is 1. The summed E-state index contributed by atoms with van der Waals surface area (Å²) in [7, 11) is -2.40. The van der Waals surface area contributed by atoms with Crippen molar-refractivity contribution in [1.29, 1.82) is 0 Å². The fourth-order valence-corrected chi connectivity index (χ4v) is 5.58. The third-order valence-corrected chi connectivity index (χ3v) is 7.60. The average Bonchev–Trinajstić information content (AvgIpc) is 2.79. The minimum absolute atomic E-state index is 0.0176. The molecule has 9 nitrogen and oxygen atoms in total. The maximum Gasteiger partial charge on any atom is 0.246 e. The molecule has 31 heavy (non-hydrogen) atoms. The fourth-order valence-electron chi connectivity index (χ4n) is 3.99. The Morgan fingerprint density at radius 1 is 1.13 bits per heavy atom. The van der Waals surface area contributed by atoms with Crippen molar-refractivity contribution in [2.75, 3.05) is 45.3 Å². The molecule has 0 unspecified atom stereocenters. The number of hydrogen-bond acceptors (Lipinski definition) is 6. The molecule has 3 rings (SSSR count). The number of carbonyl (C=O) groups is 2. The van der Waals surface area contributed by atoms with Crippen molar-refractivity contribution in [3.05, 3.63) is 18.2 Å². The summed E-state index contributed by atoms with van der Waals surface area (Å²) in [6.07, 6.45) is 6.11. The molecule has 1 aromatic carbocycles. The smallest absolute Gasteiger partial charge is 0.246 e. The Morgan fingerprint density at radius 2 is 1.84 bits per heavy atom. The number of carbonyl (C=O) groups excluding carboxylic acids is 2. The highest BCUT2D eigenvalue weighted by molar-refractivity contribution is 7.89. The predicted octanol–water partition coefficient (Wildman–Crippen LogP) is 1.74. The third kappa shape index (κ3) is 6.41. The summed E-state index contributed by atoms with van der Waals surface area (Å²) in [5.41, 5.74) is 0.319. The van der Waals surface area contributed by atoms with Crippen molar-refractivity contribution >= 4 is 27.5 Å². The number of ether oxygens (including phenoxy) is 2. The highest BCUT2D eigenvalue weighted by Crippen LogP contribution is 2.30. The topological polar surface area (TPSA) is 114 Å². The summed E-state index contributed by atoms with van der Waals surface area (Å²) in [5.74, 6) is 0.0425. The number of nitrogens with zero attached hydrogens (tertiary/aromatic N) is 1. The Bertz CT molecular complexity index is 877. The second-order valence-corrected chi connectivity index (χ2v) is 9.82. The van der Waals surface area contributed by atoms with Gasteiger partial charge in [-0.05, 0) is 37.0 Å². The van der Waals surface area contributed by atoms with Crippen LogP contribution in [0.15, 0.2) is 23.1 Å². The first-order valence-corrected chi connectivity index (χ1v) is 12.2. The molecule has 1 heterocycles. The Labute approximate surface area is 183 Å². The van der Waals surface area contributed by atoms with Gasteiger partial charge in [0, 0.05) is 25.2 Å². The van der Waals surface area contributed by atoms with Gasteiger partial charge in [-0.2, -0.15) is 4.31 Å². The number of methoxy groups -OCH3 is 1. The molecule has 0 aromatic heterocycles. The van der Waals surface area contributed by atoms with Gasteiger partial charge in [-0.25, -0.2) is 8.42 Å². The van der Waals surface area contributed by atoms with E-state index >= 15 is 0 Å². The minimum atomic E-state index is -3.80. The van der Waals surface area contributed by atoms with E-state index < -0.39 is 15.9 Å². The molecule has 1 saturated carbocycles. The Balaban J connectivity index is 1.60. The molecule has 2 N–H and O–H groups in total. The summed E-state index contributed by atoms with van der Waals surface area (Å²) >= 11 is 0. The van der Waals surface area contributed by atoms with E-state index in [1.54, 1.807) is 6.07 Å². The number of morpholine rings is 1. The molecule has 2 amide bonds. The highest BCUT2D eigenvalue weighted by atomic mass is 32.2. The number of nitrogens with one attached hydrogen (secondary N) is 2. The van der Waals surface area contributed by atoms with E-state index in [-0.39, 0.29) is 36.2 Å². The van der Waals surface area contributed by atoms with Crippen molar-refractivity contribution in [1.82, 2.24) is 9.62 Å². The zero-order valence-electron chi connectivity index (χ0n) is 17.9. The minimum Gasteiger partial charge on any atom is -0.495 e. The zero-order valence-corrected chi connectivity index (χ0v) is 18.7. The van der Waals surface area contributed by atoms with E-state index in [9.17, 15) is 18.0 Å². The molecule has 0 bridgehead atoms. The van der Waals surface area contributed by atoms with E-state index in [0.29, 0.717) is 31.2 Å². The van der Waals surface area contributed by atoms with E-state index in [0.717, 1.165) is 25.7 Å². The standard InChI is InChI=1S/C21H31N3O6S/c1-29-18-8-7-17(14-19(18)31(27,28)24-9-11-30-12-10-24)23-21(26)15-22-20(25)13-16-5-3-2-4-6-16/h7-8,14,16H,2-6,9-13,15H2,1H3,(H,22,25)(H,23,26). The van der Waals surface area contributed by atoms with Crippen LogP contribution in [-0.2, 0) is 24.3 Å².